The van der Waals surface area contributed by atoms with Gasteiger partial charge >= 0.3 is 12.4 Å². The van der Waals surface area contributed by atoms with Gasteiger partial charge in [-0.1, -0.05) is 12.1 Å². The van der Waals surface area contributed by atoms with Gasteiger partial charge in [-0.2, -0.15) is 26.3 Å². The molecule has 2 rings (SSSR count). The number of rotatable bonds is 1. The molecule has 0 saturated carbocycles. The average molecular weight is 416 g/mol. The average Bonchev–Trinajstić information content (AvgIpc) is 2.37. The van der Waals surface area contributed by atoms with Gasteiger partial charge in [0.1, 0.15) is 0 Å². The van der Waals surface area contributed by atoms with Crippen molar-refractivity contribution in [2.45, 2.75) is 12.4 Å². The third-order valence-electron chi connectivity index (χ3n) is 2.82. The first-order valence-corrected chi connectivity index (χ1v) is 6.71. The van der Waals surface area contributed by atoms with Crippen molar-refractivity contribution in [1.82, 2.24) is 0 Å². The Kier molecular flexibility index (Phi) is 4.23. The summed E-state index contributed by atoms with van der Waals surface area (Å²) in [6.45, 7) is 0. The van der Waals surface area contributed by atoms with Crippen molar-refractivity contribution >= 4 is 22.6 Å². The van der Waals surface area contributed by atoms with E-state index in [9.17, 15) is 26.3 Å². The summed E-state index contributed by atoms with van der Waals surface area (Å²) < 4.78 is 76.0. The first kappa shape index (κ1) is 16.1. The summed E-state index contributed by atoms with van der Waals surface area (Å²) in [7, 11) is 0. The van der Waals surface area contributed by atoms with Crippen molar-refractivity contribution in [3.05, 3.63) is 57.2 Å². The molecule has 0 aliphatic rings. The second-order valence-electron chi connectivity index (χ2n) is 4.27. The minimum atomic E-state index is -4.50. The summed E-state index contributed by atoms with van der Waals surface area (Å²) in [5.74, 6) is 0. The molecule has 0 radical (unpaired) electrons. The summed E-state index contributed by atoms with van der Waals surface area (Å²) in [4.78, 5) is 0. The van der Waals surface area contributed by atoms with Crippen LogP contribution in [0.5, 0.6) is 0 Å². The largest absolute Gasteiger partial charge is 0.416 e. The van der Waals surface area contributed by atoms with Gasteiger partial charge in [0.05, 0.1) is 11.1 Å². The molecule has 21 heavy (non-hydrogen) atoms. The smallest absolute Gasteiger partial charge is 0.166 e. The van der Waals surface area contributed by atoms with E-state index in [4.69, 9.17) is 0 Å². The highest BCUT2D eigenvalue weighted by molar-refractivity contribution is 14.1. The lowest BCUT2D eigenvalue weighted by molar-refractivity contribution is -0.138. The molecule has 0 N–H and O–H groups in total. The summed E-state index contributed by atoms with van der Waals surface area (Å²) in [6.07, 6.45) is -8.97. The number of hydrogen-bond acceptors (Lipinski definition) is 0. The Bertz CT molecular complexity index is 640. The zero-order chi connectivity index (χ0) is 15.8. The van der Waals surface area contributed by atoms with Gasteiger partial charge in [0, 0.05) is 3.57 Å². The molecule has 0 fully saturated rings. The standard InChI is InChI=1S/C14H7F6I/c15-13(16,17)9-3-1-8(2-4-9)11-7-10(14(18,19)20)5-6-12(11)21/h1-7H. The van der Waals surface area contributed by atoms with E-state index in [1.54, 1.807) is 0 Å². The Balaban J connectivity index is 2.47. The highest BCUT2D eigenvalue weighted by atomic mass is 127. The third kappa shape index (κ3) is 3.69. The number of alkyl halides is 6. The molecule has 0 amide bonds. The second kappa shape index (κ2) is 5.51. The van der Waals surface area contributed by atoms with E-state index >= 15 is 0 Å². The van der Waals surface area contributed by atoms with E-state index in [1.165, 1.54) is 18.2 Å². The lowest BCUT2D eigenvalue weighted by atomic mass is 10.0. The Morgan fingerprint density at radius 2 is 1.14 bits per heavy atom. The zero-order valence-corrected chi connectivity index (χ0v) is 12.3. The van der Waals surface area contributed by atoms with Crippen molar-refractivity contribution in [2.75, 3.05) is 0 Å². The van der Waals surface area contributed by atoms with Crippen LogP contribution in [-0.2, 0) is 12.4 Å². The maximum Gasteiger partial charge on any atom is 0.416 e. The van der Waals surface area contributed by atoms with Crippen molar-refractivity contribution in [3.8, 4) is 11.1 Å². The molecule has 0 heterocycles. The van der Waals surface area contributed by atoms with Crippen LogP contribution in [0, 0.1) is 3.57 Å². The fourth-order valence-electron chi connectivity index (χ4n) is 1.76. The first-order chi connectivity index (χ1) is 9.59. The summed E-state index contributed by atoms with van der Waals surface area (Å²) in [5.41, 5.74) is -1.12. The molecule has 2 aromatic rings. The van der Waals surface area contributed by atoms with Gasteiger partial charge in [-0.3, -0.25) is 0 Å². The van der Waals surface area contributed by atoms with Crippen LogP contribution >= 0.6 is 22.6 Å². The lowest BCUT2D eigenvalue weighted by Crippen LogP contribution is -2.06. The predicted octanol–water partition coefficient (Wildman–Crippen LogP) is 6.00. The molecule has 0 aliphatic carbocycles. The fourth-order valence-corrected chi connectivity index (χ4v) is 2.41. The highest BCUT2D eigenvalue weighted by Crippen LogP contribution is 2.36. The van der Waals surface area contributed by atoms with E-state index in [2.05, 4.69) is 0 Å². The summed E-state index contributed by atoms with van der Waals surface area (Å²) in [6, 6.07) is 7.20. The maximum absolute atomic E-state index is 12.7. The van der Waals surface area contributed by atoms with E-state index in [1.807, 2.05) is 22.6 Å². The molecule has 0 aliphatic heterocycles. The summed E-state index contributed by atoms with van der Waals surface area (Å²) in [5, 5.41) is 0. The number of halogens is 7. The minimum absolute atomic E-state index is 0.249. The van der Waals surface area contributed by atoms with Crippen molar-refractivity contribution < 1.29 is 26.3 Å². The molecule has 0 bridgehead atoms. The van der Waals surface area contributed by atoms with E-state index < -0.39 is 23.5 Å². The molecule has 2 aromatic carbocycles. The molecular weight excluding hydrogens is 409 g/mol. The minimum Gasteiger partial charge on any atom is -0.166 e. The topological polar surface area (TPSA) is 0 Å². The van der Waals surface area contributed by atoms with Crippen molar-refractivity contribution in [1.29, 1.82) is 0 Å². The van der Waals surface area contributed by atoms with Gasteiger partial charge in [-0.25, -0.2) is 0 Å². The van der Waals surface area contributed by atoms with Crippen LogP contribution in [0.3, 0.4) is 0 Å². The van der Waals surface area contributed by atoms with Crippen LogP contribution in [0.25, 0.3) is 11.1 Å². The lowest BCUT2D eigenvalue weighted by Gasteiger charge is -2.12. The summed E-state index contributed by atoms with van der Waals surface area (Å²) >= 11 is 1.84. The van der Waals surface area contributed by atoms with E-state index in [-0.39, 0.29) is 5.56 Å². The van der Waals surface area contributed by atoms with Crippen LogP contribution in [0.15, 0.2) is 42.5 Å². The maximum atomic E-state index is 12.7. The number of benzene rings is 2. The molecule has 0 atom stereocenters. The molecule has 7 heteroatoms. The van der Waals surface area contributed by atoms with Crippen LogP contribution < -0.4 is 0 Å². The van der Waals surface area contributed by atoms with Gasteiger partial charge < -0.3 is 0 Å². The van der Waals surface area contributed by atoms with Crippen molar-refractivity contribution in [2.24, 2.45) is 0 Å². The Hall–Kier alpha value is -1.25. The van der Waals surface area contributed by atoms with Gasteiger partial charge in [0.15, 0.2) is 0 Å². The Morgan fingerprint density at radius 1 is 0.667 bits per heavy atom. The quantitative estimate of drug-likeness (QED) is 0.396. The van der Waals surface area contributed by atoms with Crippen LogP contribution in [-0.4, -0.2) is 0 Å². The first-order valence-electron chi connectivity index (χ1n) is 5.63. The molecule has 0 nitrogen and oxygen atoms in total. The monoisotopic (exact) mass is 416 g/mol. The third-order valence-corrected chi connectivity index (χ3v) is 3.76. The zero-order valence-electron chi connectivity index (χ0n) is 10.2. The molecule has 0 saturated heterocycles. The van der Waals surface area contributed by atoms with Crippen molar-refractivity contribution in [3.63, 3.8) is 0 Å². The van der Waals surface area contributed by atoms with Gasteiger partial charge in [0.25, 0.3) is 0 Å². The molecule has 112 valence electrons. The SMILES string of the molecule is FC(F)(F)c1ccc(-c2cc(C(F)(F)F)ccc2I)cc1. The van der Waals surface area contributed by atoms with Gasteiger partial charge in [-0.05, 0) is 64.0 Å². The molecule has 0 aromatic heterocycles. The molecular formula is C14H7F6I. The van der Waals surface area contributed by atoms with Gasteiger partial charge in [-0.15, -0.1) is 0 Å². The van der Waals surface area contributed by atoms with Gasteiger partial charge in [0.2, 0.25) is 0 Å². The Labute approximate surface area is 129 Å². The number of hydrogen-bond donors (Lipinski definition) is 0. The van der Waals surface area contributed by atoms with E-state index in [0.29, 0.717) is 9.13 Å². The fraction of sp³-hybridized carbons (Fsp3) is 0.143. The predicted molar refractivity (Wildman–Crippen MR) is 74.6 cm³/mol. The normalized spacial score (nSPS) is 12.5. The molecule has 0 spiro atoms. The Morgan fingerprint density at radius 3 is 1.62 bits per heavy atom. The second-order valence-corrected chi connectivity index (χ2v) is 5.43. The van der Waals surface area contributed by atoms with Crippen LogP contribution in [0.4, 0.5) is 26.3 Å². The molecule has 0 unspecified atom stereocenters. The van der Waals surface area contributed by atoms with E-state index in [0.717, 1.165) is 24.3 Å². The van der Waals surface area contributed by atoms with Crippen LogP contribution in [0.2, 0.25) is 0 Å². The highest BCUT2D eigenvalue weighted by Gasteiger charge is 2.32. The van der Waals surface area contributed by atoms with Crippen LogP contribution in [0.1, 0.15) is 11.1 Å².